The molecular formula is C26H43FOS. The summed E-state index contributed by atoms with van der Waals surface area (Å²) in [6, 6.07) is 0. The molecule has 0 heterocycles. The van der Waals surface area contributed by atoms with E-state index in [1.807, 2.05) is 0 Å². The lowest BCUT2D eigenvalue weighted by Gasteiger charge is -2.58. The van der Waals surface area contributed by atoms with E-state index in [-0.39, 0.29) is 6.10 Å². The summed E-state index contributed by atoms with van der Waals surface area (Å²) in [5.74, 6) is 4.73. The lowest BCUT2D eigenvalue weighted by molar-refractivity contribution is -0.0508. The van der Waals surface area contributed by atoms with E-state index in [2.05, 4.69) is 26.8 Å². The number of halogens is 1. The van der Waals surface area contributed by atoms with Crippen molar-refractivity contribution in [2.24, 2.45) is 40.4 Å². The Balaban J connectivity index is 1.38. The van der Waals surface area contributed by atoms with Crippen LogP contribution < -0.4 is 0 Å². The Labute approximate surface area is 183 Å². The zero-order chi connectivity index (χ0) is 20.6. The molecule has 0 radical (unpaired) electrons. The van der Waals surface area contributed by atoms with Gasteiger partial charge in [0.25, 0.3) is 0 Å². The summed E-state index contributed by atoms with van der Waals surface area (Å²) >= 11 is 0.507. The topological polar surface area (TPSA) is 20.2 Å². The number of unbranched alkanes of at least 4 members (excludes halogenated alkanes) is 1. The minimum absolute atomic E-state index is 0.0955. The molecular weight excluding hydrogens is 379 g/mol. The number of aliphatic hydroxyl groups excluding tert-OH is 1. The molecule has 8 atom stereocenters. The highest BCUT2D eigenvalue weighted by Gasteiger charge is 2.58. The first-order valence-corrected chi connectivity index (χ1v) is 13.4. The molecule has 0 aromatic carbocycles. The molecule has 29 heavy (non-hydrogen) atoms. The molecule has 0 aliphatic heterocycles. The molecule has 4 aliphatic rings. The molecule has 0 spiro atoms. The van der Waals surface area contributed by atoms with E-state index in [1.165, 1.54) is 64.2 Å². The molecule has 4 aliphatic carbocycles. The van der Waals surface area contributed by atoms with Crippen LogP contribution in [-0.2, 0) is 0 Å². The fourth-order valence-electron chi connectivity index (χ4n) is 8.30. The lowest BCUT2D eigenvalue weighted by atomic mass is 9.47. The van der Waals surface area contributed by atoms with Crippen LogP contribution in [0.5, 0.6) is 0 Å². The van der Waals surface area contributed by atoms with Gasteiger partial charge in [-0.25, -0.2) is 0 Å². The predicted octanol–water partition coefficient (Wildman–Crippen LogP) is 7.74. The van der Waals surface area contributed by atoms with Gasteiger partial charge in [-0.3, -0.25) is 0 Å². The zero-order valence-electron chi connectivity index (χ0n) is 19.0. The first-order valence-electron chi connectivity index (χ1n) is 12.5. The molecule has 0 bridgehead atoms. The molecule has 0 aromatic heterocycles. The largest absolute Gasteiger partial charge is 0.393 e. The monoisotopic (exact) mass is 422 g/mol. The minimum Gasteiger partial charge on any atom is -0.393 e. The standard InChI is InChI=1S/C26H43FOS/c1-18(17-29-27)6-4-5-7-19-9-11-23-22-10-8-20-16-21(28)12-14-26(20,3)24(22)13-15-25(19,23)2/h8,18-19,21-24,28H,4-7,9-17H2,1-3H3. The van der Waals surface area contributed by atoms with Gasteiger partial charge in [0.05, 0.1) is 6.10 Å². The van der Waals surface area contributed by atoms with Gasteiger partial charge in [0.15, 0.2) is 0 Å². The number of aliphatic hydroxyl groups is 1. The molecule has 3 heteroatoms. The van der Waals surface area contributed by atoms with E-state index in [1.54, 1.807) is 5.57 Å². The van der Waals surface area contributed by atoms with Crippen molar-refractivity contribution in [2.75, 3.05) is 5.75 Å². The van der Waals surface area contributed by atoms with Gasteiger partial charge in [0.1, 0.15) is 0 Å². The van der Waals surface area contributed by atoms with E-state index < -0.39 is 0 Å². The Hall–Kier alpha value is -0.0200. The molecule has 1 N–H and O–H groups in total. The van der Waals surface area contributed by atoms with E-state index in [0.29, 0.717) is 34.6 Å². The summed E-state index contributed by atoms with van der Waals surface area (Å²) in [4.78, 5) is 0. The summed E-state index contributed by atoms with van der Waals surface area (Å²) in [6.45, 7) is 7.37. The molecule has 4 rings (SSSR count). The van der Waals surface area contributed by atoms with Crippen LogP contribution in [0.25, 0.3) is 0 Å². The highest BCUT2D eigenvalue weighted by molar-refractivity contribution is 7.94. The average molecular weight is 423 g/mol. The number of rotatable bonds is 7. The third-order valence-corrected chi connectivity index (χ3v) is 10.8. The minimum atomic E-state index is -0.0955. The van der Waals surface area contributed by atoms with Crippen molar-refractivity contribution in [3.05, 3.63) is 11.6 Å². The van der Waals surface area contributed by atoms with Crippen LogP contribution in [0, 0.1) is 40.4 Å². The van der Waals surface area contributed by atoms with E-state index >= 15 is 0 Å². The Kier molecular flexibility index (Phi) is 6.77. The van der Waals surface area contributed by atoms with Crippen molar-refractivity contribution >= 4 is 12.1 Å². The van der Waals surface area contributed by atoms with Crippen LogP contribution in [0.2, 0.25) is 0 Å². The van der Waals surface area contributed by atoms with Crippen LogP contribution in [0.1, 0.15) is 97.8 Å². The van der Waals surface area contributed by atoms with E-state index in [0.717, 1.165) is 36.5 Å². The second-order valence-corrected chi connectivity index (χ2v) is 12.2. The summed E-state index contributed by atoms with van der Waals surface area (Å²) in [7, 11) is 0. The van der Waals surface area contributed by atoms with Gasteiger partial charge in [-0.2, -0.15) is 3.89 Å². The zero-order valence-corrected chi connectivity index (χ0v) is 19.8. The number of hydrogen-bond donors (Lipinski definition) is 1. The summed E-state index contributed by atoms with van der Waals surface area (Å²) in [5, 5.41) is 10.2. The van der Waals surface area contributed by atoms with Crippen molar-refractivity contribution < 1.29 is 8.99 Å². The smallest absolute Gasteiger partial charge is 0.0577 e. The van der Waals surface area contributed by atoms with Crippen LogP contribution >= 0.6 is 12.1 Å². The molecule has 0 saturated heterocycles. The number of fused-ring (bicyclic) bond motifs is 5. The molecule has 0 aromatic rings. The second-order valence-electron chi connectivity index (χ2n) is 11.6. The molecule has 3 fully saturated rings. The molecule has 8 unspecified atom stereocenters. The average Bonchev–Trinajstić information content (AvgIpc) is 3.02. The van der Waals surface area contributed by atoms with Gasteiger partial charge in [0.2, 0.25) is 0 Å². The van der Waals surface area contributed by atoms with Gasteiger partial charge in [-0.05, 0) is 105 Å². The number of allylic oxidation sites excluding steroid dienone is 1. The van der Waals surface area contributed by atoms with Gasteiger partial charge >= 0.3 is 0 Å². The third kappa shape index (κ3) is 4.09. The van der Waals surface area contributed by atoms with Crippen LogP contribution in [0.4, 0.5) is 3.89 Å². The Morgan fingerprint density at radius 1 is 1.14 bits per heavy atom. The quantitative estimate of drug-likeness (QED) is 0.334. The highest BCUT2D eigenvalue weighted by Crippen LogP contribution is 2.66. The third-order valence-electron chi connectivity index (χ3n) is 10.1. The Morgan fingerprint density at radius 3 is 2.76 bits per heavy atom. The maximum atomic E-state index is 12.4. The molecule has 0 amide bonds. The lowest BCUT2D eigenvalue weighted by Crippen LogP contribution is -2.50. The summed E-state index contributed by atoms with van der Waals surface area (Å²) in [5.41, 5.74) is 2.51. The van der Waals surface area contributed by atoms with Gasteiger partial charge in [0, 0.05) is 17.9 Å². The maximum absolute atomic E-state index is 12.4. The first kappa shape index (κ1) is 22.2. The van der Waals surface area contributed by atoms with Crippen LogP contribution in [0.3, 0.4) is 0 Å². The normalized spacial score (nSPS) is 45.1. The van der Waals surface area contributed by atoms with Crippen LogP contribution in [-0.4, -0.2) is 17.0 Å². The van der Waals surface area contributed by atoms with Gasteiger partial charge in [-0.15, -0.1) is 0 Å². The Morgan fingerprint density at radius 2 is 1.97 bits per heavy atom. The summed E-state index contributed by atoms with van der Waals surface area (Å²) in [6.07, 6.45) is 17.8. The first-order chi connectivity index (χ1) is 13.9. The predicted molar refractivity (Wildman–Crippen MR) is 122 cm³/mol. The van der Waals surface area contributed by atoms with E-state index in [4.69, 9.17) is 0 Å². The van der Waals surface area contributed by atoms with E-state index in [9.17, 15) is 8.99 Å². The van der Waals surface area contributed by atoms with Gasteiger partial charge < -0.3 is 5.11 Å². The number of hydrogen-bond acceptors (Lipinski definition) is 2. The Bertz CT molecular complexity index is 606. The molecule has 1 nitrogen and oxygen atoms in total. The SMILES string of the molecule is CC(CCCCC1CCC2C3CC=C4CC(O)CCC4(C)C3CCC12C)CSF. The van der Waals surface area contributed by atoms with Crippen molar-refractivity contribution in [1.82, 2.24) is 0 Å². The summed E-state index contributed by atoms with van der Waals surface area (Å²) < 4.78 is 12.4. The fraction of sp³-hybridized carbons (Fsp3) is 0.923. The highest BCUT2D eigenvalue weighted by atomic mass is 32.2. The van der Waals surface area contributed by atoms with Crippen molar-refractivity contribution in [3.63, 3.8) is 0 Å². The van der Waals surface area contributed by atoms with Crippen molar-refractivity contribution in [3.8, 4) is 0 Å². The fourth-order valence-corrected chi connectivity index (χ4v) is 8.68. The van der Waals surface area contributed by atoms with Crippen molar-refractivity contribution in [2.45, 2.75) is 104 Å². The van der Waals surface area contributed by atoms with Crippen molar-refractivity contribution in [1.29, 1.82) is 0 Å². The molecule has 3 saturated carbocycles. The van der Waals surface area contributed by atoms with Gasteiger partial charge in [-0.1, -0.05) is 45.3 Å². The maximum Gasteiger partial charge on any atom is 0.0577 e. The molecule has 166 valence electrons. The van der Waals surface area contributed by atoms with Crippen LogP contribution in [0.15, 0.2) is 11.6 Å². The second kappa shape index (κ2) is 8.85.